The van der Waals surface area contributed by atoms with Crippen molar-refractivity contribution in [1.82, 2.24) is 4.90 Å². The molecule has 14 heavy (non-hydrogen) atoms. The molecule has 1 rings (SSSR count). The molecule has 0 aromatic carbocycles. The Bertz CT molecular complexity index is 183. The van der Waals surface area contributed by atoms with Crippen LogP contribution in [0.2, 0.25) is 0 Å². The smallest absolute Gasteiger partial charge is 0.0700 e. The molecule has 1 aliphatic rings. The highest BCUT2D eigenvalue weighted by atomic mass is 16.3. The van der Waals surface area contributed by atoms with Crippen molar-refractivity contribution in [2.24, 2.45) is 5.92 Å². The zero-order valence-corrected chi connectivity index (χ0v) is 10.1. The summed E-state index contributed by atoms with van der Waals surface area (Å²) in [5, 5.41) is 10.5. The summed E-state index contributed by atoms with van der Waals surface area (Å²) in [6.07, 6.45) is 4.24. The van der Waals surface area contributed by atoms with Gasteiger partial charge in [-0.2, -0.15) is 0 Å². The quantitative estimate of drug-likeness (QED) is 0.753. The summed E-state index contributed by atoms with van der Waals surface area (Å²) in [4.78, 5) is 2.35. The molecule has 0 radical (unpaired) electrons. The van der Waals surface area contributed by atoms with E-state index in [4.69, 9.17) is 0 Å². The average Bonchev–Trinajstić information content (AvgIpc) is 2.12. The van der Waals surface area contributed by atoms with Gasteiger partial charge in [0.1, 0.15) is 0 Å². The Morgan fingerprint density at radius 1 is 1.43 bits per heavy atom. The van der Waals surface area contributed by atoms with Gasteiger partial charge in [-0.05, 0) is 32.7 Å². The number of hydrogen-bond acceptors (Lipinski definition) is 2. The molecule has 0 aliphatic carbocycles. The number of piperidine rings is 1. The maximum absolute atomic E-state index is 10.5. The van der Waals surface area contributed by atoms with Gasteiger partial charge in [-0.15, -0.1) is 0 Å². The van der Waals surface area contributed by atoms with Crippen LogP contribution in [0.15, 0.2) is 0 Å². The normalized spacial score (nSPS) is 40.1. The van der Waals surface area contributed by atoms with Crippen LogP contribution in [0.5, 0.6) is 0 Å². The number of nitrogens with zero attached hydrogens (tertiary/aromatic N) is 1. The molecule has 0 spiro atoms. The van der Waals surface area contributed by atoms with Gasteiger partial charge in [0.25, 0.3) is 0 Å². The van der Waals surface area contributed by atoms with Crippen LogP contribution < -0.4 is 0 Å². The van der Waals surface area contributed by atoms with Gasteiger partial charge in [0.2, 0.25) is 0 Å². The summed E-state index contributed by atoms with van der Waals surface area (Å²) < 4.78 is 0. The molecule has 1 N–H and O–H groups in total. The Hall–Kier alpha value is -0.0800. The molecule has 3 atom stereocenters. The van der Waals surface area contributed by atoms with Gasteiger partial charge < -0.3 is 10.0 Å². The van der Waals surface area contributed by atoms with Crippen molar-refractivity contribution in [3.8, 4) is 0 Å². The van der Waals surface area contributed by atoms with E-state index in [-0.39, 0.29) is 0 Å². The molecule has 2 nitrogen and oxygen atoms in total. The highest BCUT2D eigenvalue weighted by Gasteiger charge is 2.40. The third-order valence-corrected chi connectivity index (χ3v) is 3.84. The fourth-order valence-electron chi connectivity index (χ4n) is 2.48. The minimum Gasteiger partial charge on any atom is -0.390 e. The Labute approximate surface area is 88.3 Å². The second kappa shape index (κ2) is 4.63. The fraction of sp³-hybridized carbons (Fsp3) is 1.00. The molecule has 0 aromatic rings. The minimum atomic E-state index is -0.401. The molecule has 1 saturated heterocycles. The van der Waals surface area contributed by atoms with Gasteiger partial charge in [-0.25, -0.2) is 0 Å². The van der Waals surface area contributed by atoms with Gasteiger partial charge in [-0.3, -0.25) is 0 Å². The molecule has 0 bridgehead atoms. The van der Waals surface area contributed by atoms with Crippen LogP contribution >= 0.6 is 0 Å². The van der Waals surface area contributed by atoms with Crippen LogP contribution in [-0.4, -0.2) is 35.2 Å². The van der Waals surface area contributed by atoms with Gasteiger partial charge in [0.15, 0.2) is 0 Å². The van der Waals surface area contributed by atoms with E-state index in [0.29, 0.717) is 12.0 Å². The van der Waals surface area contributed by atoms with E-state index in [1.54, 1.807) is 0 Å². The summed E-state index contributed by atoms with van der Waals surface area (Å²) >= 11 is 0. The average molecular weight is 199 g/mol. The van der Waals surface area contributed by atoms with Crippen molar-refractivity contribution >= 4 is 0 Å². The molecule has 0 amide bonds. The first-order valence-electron chi connectivity index (χ1n) is 5.92. The van der Waals surface area contributed by atoms with Gasteiger partial charge in [0, 0.05) is 12.6 Å². The number of rotatable bonds is 3. The Morgan fingerprint density at radius 2 is 2.07 bits per heavy atom. The van der Waals surface area contributed by atoms with E-state index >= 15 is 0 Å². The van der Waals surface area contributed by atoms with Crippen molar-refractivity contribution in [3.63, 3.8) is 0 Å². The summed E-state index contributed by atoms with van der Waals surface area (Å²) in [5.74, 6) is 0.412. The molecule has 1 heterocycles. The van der Waals surface area contributed by atoms with E-state index in [0.717, 1.165) is 25.8 Å². The number of unbranched alkanes of at least 4 members (excludes halogenated alkanes) is 1. The molecular formula is C12H25NO. The monoisotopic (exact) mass is 199 g/mol. The fourth-order valence-corrected chi connectivity index (χ4v) is 2.48. The molecule has 2 heteroatoms. The van der Waals surface area contributed by atoms with Crippen LogP contribution in [0.25, 0.3) is 0 Å². The first-order chi connectivity index (χ1) is 6.49. The Morgan fingerprint density at radius 3 is 2.64 bits per heavy atom. The summed E-state index contributed by atoms with van der Waals surface area (Å²) in [6, 6.07) is 0.521. The Balaban J connectivity index is 2.58. The lowest BCUT2D eigenvalue weighted by atomic mass is 9.76. The lowest BCUT2D eigenvalue weighted by Gasteiger charge is -2.46. The zero-order chi connectivity index (χ0) is 10.8. The van der Waals surface area contributed by atoms with Crippen molar-refractivity contribution < 1.29 is 5.11 Å². The van der Waals surface area contributed by atoms with Crippen molar-refractivity contribution in [2.45, 2.75) is 58.1 Å². The lowest BCUT2D eigenvalue weighted by molar-refractivity contribution is -0.0848. The predicted molar refractivity (Wildman–Crippen MR) is 60.3 cm³/mol. The summed E-state index contributed by atoms with van der Waals surface area (Å²) in [6.45, 7) is 7.61. The summed E-state index contributed by atoms with van der Waals surface area (Å²) in [7, 11) is 2.15. The maximum Gasteiger partial charge on any atom is 0.0700 e. The van der Waals surface area contributed by atoms with Gasteiger partial charge >= 0.3 is 0 Å². The lowest BCUT2D eigenvalue weighted by Crippen LogP contribution is -2.53. The van der Waals surface area contributed by atoms with E-state index in [1.807, 2.05) is 0 Å². The van der Waals surface area contributed by atoms with Crippen LogP contribution in [0, 0.1) is 5.92 Å². The van der Waals surface area contributed by atoms with Crippen molar-refractivity contribution in [1.29, 1.82) is 0 Å². The van der Waals surface area contributed by atoms with E-state index in [2.05, 4.69) is 32.7 Å². The molecule has 0 unspecified atom stereocenters. The predicted octanol–water partition coefficient (Wildman–Crippen LogP) is 2.27. The van der Waals surface area contributed by atoms with Crippen LogP contribution in [0.1, 0.15) is 46.5 Å². The number of aliphatic hydroxyl groups is 1. The van der Waals surface area contributed by atoms with Crippen LogP contribution in [0.3, 0.4) is 0 Å². The second-order valence-corrected chi connectivity index (χ2v) is 5.10. The topological polar surface area (TPSA) is 23.5 Å². The first-order valence-corrected chi connectivity index (χ1v) is 5.92. The molecule has 0 saturated carbocycles. The molecular weight excluding hydrogens is 174 g/mol. The molecule has 1 aliphatic heterocycles. The third-order valence-electron chi connectivity index (χ3n) is 3.84. The SMILES string of the molecule is CCCC[C@@]1(O)C[C@@H](C)N(C)C[C@@H]1C. The summed E-state index contributed by atoms with van der Waals surface area (Å²) in [5.41, 5.74) is -0.401. The molecule has 0 aromatic heterocycles. The molecule has 1 fully saturated rings. The highest BCUT2D eigenvalue weighted by molar-refractivity contribution is 4.93. The van der Waals surface area contributed by atoms with E-state index in [9.17, 15) is 5.11 Å². The van der Waals surface area contributed by atoms with Gasteiger partial charge in [0.05, 0.1) is 5.60 Å². The third kappa shape index (κ3) is 2.48. The number of likely N-dealkylation sites (tertiary alicyclic amines) is 1. The van der Waals surface area contributed by atoms with Crippen molar-refractivity contribution in [2.75, 3.05) is 13.6 Å². The van der Waals surface area contributed by atoms with E-state index < -0.39 is 5.60 Å². The maximum atomic E-state index is 10.5. The Kier molecular flexibility index (Phi) is 3.96. The molecule has 84 valence electrons. The van der Waals surface area contributed by atoms with E-state index in [1.165, 1.54) is 6.42 Å². The largest absolute Gasteiger partial charge is 0.390 e. The standard InChI is InChI=1S/C12H25NO/c1-5-6-7-12(14)8-11(3)13(4)9-10(12)2/h10-11,14H,5-9H2,1-4H3/t10-,11+,12+/m0/s1. The second-order valence-electron chi connectivity index (χ2n) is 5.10. The zero-order valence-electron chi connectivity index (χ0n) is 10.1. The van der Waals surface area contributed by atoms with Crippen molar-refractivity contribution in [3.05, 3.63) is 0 Å². The number of hydrogen-bond donors (Lipinski definition) is 1. The first kappa shape index (κ1) is 12.0. The van der Waals surface area contributed by atoms with Crippen LogP contribution in [-0.2, 0) is 0 Å². The van der Waals surface area contributed by atoms with Crippen LogP contribution in [0.4, 0.5) is 0 Å². The highest BCUT2D eigenvalue weighted by Crippen LogP contribution is 2.34. The minimum absolute atomic E-state index is 0.401. The van der Waals surface area contributed by atoms with Gasteiger partial charge in [-0.1, -0.05) is 26.7 Å².